The van der Waals surface area contributed by atoms with Crippen molar-refractivity contribution in [2.45, 2.75) is 24.0 Å². The number of ether oxygens (including phenoxy) is 1. The molecule has 0 atom stereocenters. The normalized spacial score (nSPS) is 12.6. The van der Waals surface area contributed by atoms with E-state index in [1.54, 1.807) is 12.1 Å². The van der Waals surface area contributed by atoms with Crippen molar-refractivity contribution in [3.8, 4) is 5.75 Å². The third kappa shape index (κ3) is 5.67. The van der Waals surface area contributed by atoms with E-state index < -0.39 is 61.0 Å². The molecule has 0 spiro atoms. The van der Waals surface area contributed by atoms with E-state index >= 15 is 0 Å². The fraction of sp³-hybridized carbons (Fsp3) is 0.235. The zero-order valence-electron chi connectivity index (χ0n) is 14.0. The molecule has 5 nitrogen and oxygen atoms in total. The number of carbonyl (C=O) groups is 1. The predicted molar refractivity (Wildman–Crippen MR) is 94.2 cm³/mol. The Hall–Kier alpha value is -1.67. The molecule has 152 valence electrons. The molecular formula is C17H14F4O5STe. The van der Waals surface area contributed by atoms with Gasteiger partial charge in [0.05, 0.1) is 0 Å². The SMILES string of the molecule is O=C(CCC(F)(F)C(F)(F)S(=O)(=O)O)Oc1ccc([Te]c2ccccc2)cc1. The van der Waals surface area contributed by atoms with Gasteiger partial charge in [-0.2, -0.15) is 0 Å². The standard InChI is InChI=1S/C17H14F4O5STe/c18-16(19,17(20,21)27(23,24)25)11-10-15(22)26-12-6-8-14(9-7-12)28-13-4-2-1-3-5-13/h1-9H,10-11H2,(H,23,24,25). The van der Waals surface area contributed by atoms with Gasteiger partial charge in [0.1, 0.15) is 0 Å². The second-order valence-corrected chi connectivity index (χ2v) is 10.3. The van der Waals surface area contributed by atoms with E-state index in [4.69, 9.17) is 9.29 Å². The van der Waals surface area contributed by atoms with Gasteiger partial charge < -0.3 is 0 Å². The second kappa shape index (κ2) is 8.78. The molecule has 0 unspecified atom stereocenters. The molecule has 0 aliphatic rings. The van der Waals surface area contributed by atoms with Crippen LogP contribution < -0.4 is 12.0 Å². The molecule has 1 N–H and O–H groups in total. The molecule has 0 radical (unpaired) electrons. The van der Waals surface area contributed by atoms with Crippen molar-refractivity contribution in [1.82, 2.24) is 0 Å². The number of hydrogen-bond acceptors (Lipinski definition) is 4. The summed E-state index contributed by atoms with van der Waals surface area (Å²) in [6.07, 6.45) is -2.98. The van der Waals surface area contributed by atoms with Gasteiger partial charge in [0.15, 0.2) is 0 Å². The van der Waals surface area contributed by atoms with Gasteiger partial charge >= 0.3 is 169 Å². The average Bonchev–Trinajstić information content (AvgIpc) is 2.61. The number of hydrogen-bond donors (Lipinski definition) is 1. The first-order chi connectivity index (χ1) is 12.9. The van der Waals surface area contributed by atoms with E-state index in [1.807, 2.05) is 30.3 Å². The quantitative estimate of drug-likeness (QED) is 0.185. The van der Waals surface area contributed by atoms with Gasteiger partial charge in [0, 0.05) is 0 Å². The number of alkyl halides is 4. The van der Waals surface area contributed by atoms with Gasteiger partial charge in [-0.1, -0.05) is 0 Å². The molecule has 2 rings (SSSR count). The molecular weight excluding hydrogens is 520 g/mol. The number of rotatable bonds is 8. The van der Waals surface area contributed by atoms with Crippen molar-refractivity contribution < 1.29 is 40.1 Å². The van der Waals surface area contributed by atoms with Gasteiger partial charge in [-0.15, -0.1) is 0 Å². The molecule has 0 heterocycles. The summed E-state index contributed by atoms with van der Waals surface area (Å²) in [5.74, 6) is -6.33. The summed E-state index contributed by atoms with van der Waals surface area (Å²) in [6, 6.07) is 16.0. The zero-order valence-corrected chi connectivity index (χ0v) is 17.2. The average molecular weight is 534 g/mol. The Morgan fingerprint density at radius 3 is 2.04 bits per heavy atom. The fourth-order valence-electron chi connectivity index (χ4n) is 1.98. The van der Waals surface area contributed by atoms with Crippen LogP contribution in [-0.2, 0) is 14.9 Å². The maximum absolute atomic E-state index is 13.4. The summed E-state index contributed by atoms with van der Waals surface area (Å²) in [6.45, 7) is 0. The van der Waals surface area contributed by atoms with Gasteiger partial charge in [0.25, 0.3) is 0 Å². The third-order valence-electron chi connectivity index (χ3n) is 3.43. The number of carbonyl (C=O) groups excluding carboxylic acids is 1. The Labute approximate surface area is 168 Å². The van der Waals surface area contributed by atoms with Crippen molar-refractivity contribution in [2.24, 2.45) is 0 Å². The molecule has 2 aromatic carbocycles. The maximum atomic E-state index is 13.4. The van der Waals surface area contributed by atoms with E-state index in [0.29, 0.717) is 0 Å². The van der Waals surface area contributed by atoms with Crippen LogP contribution in [0.15, 0.2) is 54.6 Å². The van der Waals surface area contributed by atoms with Crippen molar-refractivity contribution in [3.05, 3.63) is 54.6 Å². The molecule has 11 heteroatoms. The minimum atomic E-state index is -6.33. The Balaban J connectivity index is 1.93. The fourth-order valence-corrected chi connectivity index (χ4v) is 4.85. The Bertz CT molecular complexity index is 918. The summed E-state index contributed by atoms with van der Waals surface area (Å²) >= 11 is -0.652. The van der Waals surface area contributed by atoms with Crippen LogP contribution in [0.1, 0.15) is 12.8 Å². The number of esters is 1. The van der Waals surface area contributed by atoms with E-state index in [1.165, 1.54) is 15.7 Å². The van der Waals surface area contributed by atoms with Crippen LogP contribution in [0, 0.1) is 0 Å². The predicted octanol–water partition coefficient (Wildman–Crippen LogP) is 2.14. The van der Waals surface area contributed by atoms with E-state index in [2.05, 4.69) is 0 Å². The molecule has 0 amide bonds. The first-order valence-electron chi connectivity index (χ1n) is 7.69. The first-order valence-corrected chi connectivity index (χ1v) is 11.5. The molecule has 0 aromatic heterocycles. The van der Waals surface area contributed by atoms with Crippen LogP contribution in [0.25, 0.3) is 0 Å². The molecule has 2 aromatic rings. The van der Waals surface area contributed by atoms with Gasteiger partial charge in [-0.25, -0.2) is 0 Å². The summed E-state index contributed by atoms with van der Waals surface area (Å²) in [5.41, 5.74) is 0. The van der Waals surface area contributed by atoms with Crippen LogP contribution >= 0.6 is 0 Å². The van der Waals surface area contributed by atoms with Crippen LogP contribution in [0.5, 0.6) is 5.75 Å². The summed E-state index contributed by atoms with van der Waals surface area (Å²) in [4.78, 5) is 11.6. The first kappa shape index (κ1) is 22.6. The molecule has 0 aliphatic heterocycles. The molecule has 0 aliphatic carbocycles. The van der Waals surface area contributed by atoms with Crippen LogP contribution in [0.2, 0.25) is 0 Å². The molecule has 0 bridgehead atoms. The summed E-state index contributed by atoms with van der Waals surface area (Å²) in [5, 5.41) is -5.70. The molecule has 0 saturated heterocycles. The number of halogens is 4. The molecule has 0 fully saturated rings. The topological polar surface area (TPSA) is 80.7 Å². The Kier molecular flexibility index (Phi) is 7.09. The minimum absolute atomic E-state index is 0.0409. The zero-order chi connectivity index (χ0) is 21.0. The summed E-state index contributed by atoms with van der Waals surface area (Å²) in [7, 11) is -6.33. The van der Waals surface area contributed by atoms with Crippen LogP contribution in [0.4, 0.5) is 17.6 Å². The van der Waals surface area contributed by atoms with Crippen molar-refractivity contribution in [3.63, 3.8) is 0 Å². The van der Waals surface area contributed by atoms with Crippen molar-refractivity contribution >= 4 is 44.2 Å². The Morgan fingerprint density at radius 1 is 0.964 bits per heavy atom. The van der Waals surface area contributed by atoms with E-state index in [9.17, 15) is 30.8 Å². The van der Waals surface area contributed by atoms with E-state index in [-0.39, 0.29) is 5.75 Å². The second-order valence-electron chi connectivity index (χ2n) is 5.56. The Morgan fingerprint density at radius 2 is 1.50 bits per heavy atom. The van der Waals surface area contributed by atoms with Crippen molar-refractivity contribution in [1.29, 1.82) is 0 Å². The van der Waals surface area contributed by atoms with E-state index in [0.717, 1.165) is 3.61 Å². The van der Waals surface area contributed by atoms with Gasteiger partial charge in [-0.05, 0) is 0 Å². The molecule has 28 heavy (non-hydrogen) atoms. The van der Waals surface area contributed by atoms with Crippen LogP contribution in [-0.4, -0.2) is 51.0 Å². The molecule has 0 saturated carbocycles. The number of benzene rings is 2. The summed E-state index contributed by atoms with van der Waals surface area (Å²) < 4.78 is 88.9. The van der Waals surface area contributed by atoms with Gasteiger partial charge in [-0.3, -0.25) is 0 Å². The third-order valence-corrected chi connectivity index (χ3v) is 7.27. The monoisotopic (exact) mass is 536 g/mol. The van der Waals surface area contributed by atoms with Gasteiger partial charge in [0.2, 0.25) is 0 Å². The van der Waals surface area contributed by atoms with Crippen LogP contribution in [0.3, 0.4) is 0 Å². The van der Waals surface area contributed by atoms with Crippen molar-refractivity contribution in [2.75, 3.05) is 0 Å².